The third-order valence-electron chi connectivity index (χ3n) is 4.96. The molecule has 3 rings (SSSR count). The number of aromatic nitrogens is 1. The molecule has 0 atom stereocenters. The van der Waals surface area contributed by atoms with Crippen molar-refractivity contribution in [2.24, 2.45) is 0 Å². The Bertz CT molecular complexity index is 710. The second-order valence-corrected chi connectivity index (χ2v) is 7.41. The van der Waals surface area contributed by atoms with Crippen LogP contribution in [0.15, 0.2) is 29.1 Å². The van der Waals surface area contributed by atoms with Crippen LogP contribution in [0.1, 0.15) is 54.6 Å². The average molecular weight is 375 g/mol. The minimum atomic E-state index is 0.0428. The van der Waals surface area contributed by atoms with Gasteiger partial charge in [-0.15, -0.1) is 11.3 Å². The monoisotopic (exact) mass is 374 g/mol. The SMILES string of the molecule is COc1cc(C(=O)N(C)C2CCCCCC2)ccc1OCc1cscn1. The predicted molar refractivity (Wildman–Crippen MR) is 103 cm³/mol. The number of hydrogen-bond acceptors (Lipinski definition) is 5. The Morgan fingerprint density at radius 1 is 1.23 bits per heavy atom. The molecule has 140 valence electrons. The highest BCUT2D eigenvalue weighted by Gasteiger charge is 2.23. The van der Waals surface area contributed by atoms with Gasteiger partial charge in [-0.05, 0) is 31.0 Å². The lowest BCUT2D eigenvalue weighted by Gasteiger charge is -2.27. The first-order chi connectivity index (χ1) is 12.7. The topological polar surface area (TPSA) is 51.7 Å². The zero-order chi connectivity index (χ0) is 18.4. The van der Waals surface area contributed by atoms with Crippen molar-refractivity contribution in [1.29, 1.82) is 0 Å². The van der Waals surface area contributed by atoms with Gasteiger partial charge >= 0.3 is 0 Å². The third-order valence-corrected chi connectivity index (χ3v) is 5.60. The summed E-state index contributed by atoms with van der Waals surface area (Å²) in [7, 11) is 3.51. The number of benzene rings is 1. The fourth-order valence-corrected chi connectivity index (χ4v) is 3.94. The van der Waals surface area contributed by atoms with Gasteiger partial charge in [-0.25, -0.2) is 4.98 Å². The van der Waals surface area contributed by atoms with E-state index in [1.54, 1.807) is 24.8 Å². The molecule has 0 radical (unpaired) electrons. The Morgan fingerprint density at radius 3 is 2.65 bits per heavy atom. The van der Waals surface area contributed by atoms with Gasteiger partial charge in [0.15, 0.2) is 11.5 Å². The Kier molecular flexibility index (Phi) is 6.50. The fourth-order valence-electron chi connectivity index (χ4n) is 3.39. The number of nitrogens with zero attached hydrogens (tertiary/aromatic N) is 2. The van der Waals surface area contributed by atoms with E-state index in [0.29, 0.717) is 29.7 Å². The number of ether oxygens (including phenoxy) is 2. The van der Waals surface area contributed by atoms with E-state index in [2.05, 4.69) is 4.98 Å². The van der Waals surface area contributed by atoms with Crippen LogP contribution < -0.4 is 9.47 Å². The number of hydrogen-bond donors (Lipinski definition) is 0. The molecule has 0 unspecified atom stereocenters. The molecule has 2 aromatic rings. The van der Waals surface area contributed by atoms with E-state index in [-0.39, 0.29) is 5.91 Å². The largest absolute Gasteiger partial charge is 0.493 e. The molecule has 1 aliphatic carbocycles. The van der Waals surface area contributed by atoms with E-state index in [1.165, 1.54) is 37.0 Å². The highest BCUT2D eigenvalue weighted by Crippen LogP contribution is 2.30. The van der Waals surface area contributed by atoms with Gasteiger partial charge in [0, 0.05) is 24.0 Å². The second-order valence-electron chi connectivity index (χ2n) is 6.70. The molecular formula is C20H26N2O3S. The molecule has 1 aromatic heterocycles. The second kappa shape index (κ2) is 9.03. The highest BCUT2D eigenvalue weighted by molar-refractivity contribution is 7.07. The van der Waals surface area contributed by atoms with Gasteiger partial charge in [0.2, 0.25) is 0 Å². The van der Waals surface area contributed by atoms with Crippen molar-refractivity contribution >= 4 is 17.2 Å². The van der Waals surface area contributed by atoms with Crippen molar-refractivity contribution < 1.29 is 14.3 Å². The van der Waals surface area contributed by atoms with E-state index in [1.807, 2.05) is 23.4 Å². The molecule has 0 spiro atoms. The molecule has 0 saturated heterocycles. The molecule has 1 amide bonds. The van der Waals surface area contributed by atoms with Crippen LogP contribution in [0.5, 0.6) is 11.5 Å². The molecule has 1 heterocycles. The van der Waals surface area contributed by atoms with Gasteiger partial charge in [-0.2, -0.15) is 0 Å². The van der Waals surface area contributed by atoms with Gasteiger partial charge in [-0.3, -0.25) is 4.79 Å². The minimum Gasteiger partial charge on any atom is -0.493 e. The van der Waals surface area contributed by atoms with Crippen LogP contribution in [0.25, 0.3) is 0 Å². The van der Waals surface area contributed by atoms with Gasteiger partial charge in [0.05, 0.1) is 18.3 Å². The molecule has 0 bridgehead atoms. The number of carbonyl (C=O) groups is 1. The van der Waals surface area contributed by atoms with Gasteiger partial charge in [0.25, 0.3) is 5.91 Å². The number of carbonyl (C=O) groups excluding carboxylic acids is 1. The van der Waals surface area contributed by atoms with E-state index < -0.39 is 0 Å². The van der Waals surface area contributed by atoms with Crippen molar-refractivity contribution in [2.75, 3.05) is 14.2 Å². The van der Waals surface area contributed by atoms with Crippen LogP contribution in [-0.2, 0) is 6.61 Å². The quantitative estimate of drug-likeness (QED) is 0.697. The van der Waals surface area contributed by atoms with Gasteiger partial charge in [-0.1, -0.05) is 25.7 Å². The summed E-state index contributed by atoms with van der Waals surface area (Å²) >= 11 is 1.54. The average Bonchev–Trinajstić information content (AvgIpc) is 3.05. The van der Waals surface area contributed by atoms with Crippen molar-refractivity contribution in [3.8, 4) is 11.5 Å². The summed E-state index contributed by atoms with van der Waals surface area (Å²) in [6.45, 7) is 0.384. The molecule has 1 aliphatic rings. The molecule has 0 aliphatic heterocycles. The fraction of sp³-hybridized carbons (Fsp3) is 0.500. The van der Waals surface area contributed by atoms with Crippen LogP contribution in [0.3, 0.4) is 0 Å². The van der Waals surface area contributed by atoms with Crippen LogP contribution in [-0.4, -0.2) is 36.0 Å². The van der Waals surface area contributed by atoms with Crippen LogP contribution in [0.4, 0.5) is 0 Å². The van der Waals surface area contributed by atoms with E-state index in [0.717, 1.165) is 18.5 Å². The van der Waals surface area contributed by atoms with Crippen LogP contribution >= 0.6 is 11.3 Å². The maximum absolute atomic E-state index is 12.9. The third kappa shape index (κ3) is 4.55. The van der Waals surface area contributed by atoms with Crippen LogP contribution in [0.2, 0.25) is 0 Å². The van der Waals surface area contributed by atoms with Crippen molar-refractivity contribution in [3.05, 3.63) is 40.3 Å². The lowest BCUT2D eigenvalue weighted by atomic mass is 10.1. The minimum absolute atomic E-state index is 0.0428. The summed E-state index contributed by atoms with van der Waals surface area (Å²) in [4.78, 5) is 19.0. The molecule has 1 saturated carbocycles. The van der Waals surface area contributed by atoms with Crippen molar-refractivity contribution in [3.63, 3.8) is 0 Å². The molecular weight excluding hydrogens is 348 g/mol. The standard InChI is InChI=1S/C20H26N2O3S/c1-22(17-7-5-3-4-6-8-17)20(23)15-9-10-18(19(11-15)24-2)25-12-16-13-26-14-21-16/h9-11,13-14,17H,3-8,12H2,1-2H3. The first kappa shape index (κ1) is 18.7. The zero-order valence-electron chi connectivity index (χ0n) is 15.4. The van der Waals surface area contributed by atoms with Gasteiger partial charge in [0.1, 0.15) is 6.61 Å². The summed E-state index contributed by atoms with van der Waals surface area (Å²) in [5.74, 6) is 1.23. The highest BCUT2D eigenvalue weighted by atomic mass is 32.1. The maximum atomic E-state index is 12.9. The smallest absolute Gasteiger partial charge is 0.253 e. The predicted octanol–water partition coefficient (Wildman–Crippen LogP) is 4.53. The Balaban J connectivity index is 1.69. The summed E-state index contributed by atoms with van der Waals surface area (Å²) in [6.07, 6.45) is 7.14. The summed E-state index contributed by atoms with van der Waals surface area (Å²) in [5, 5.41) is 1.95. The molecule has 26 heavy (non-hydrogen) atoms. The summed E-state index contributed by atoms with van der Waals surface area (Å²) < 4.78 is 11.2. The molecule has 0 N–H and O–H groups in total. The van der Waals surface area contributed by atoms with E-state index in [4.69, 9.17) is 9.47 Å². The first-order valence-corrected chi connectivity index (χ1v) is 10.1. The molecule has 5 nitrogen and oxygen atoms in total. The lowest BCUT2D eigenvalue weighted by molar-refractivity contribution is 0.0717. The number of rotatable bonds is 6. The van der Waals surface area contributed by atoms with Crippen LogP contribution in [0, 0.1) is 0 Å². The molecule has 1 fully saturated rings. The van der Waals surface area contributed by atoms with Crippen molar-refractivity contribution in [2.45, 2.75) is 51.2 Å². The number of thiazole rings is 1. The first-order valence-electron chi connectivity index (χ1n) is 9.14. The summed E-state index contributed by atoms with van der Waals surface area (Å²) in [5.41, 5.74) is 3.29. The molecule has 6 heteroatoms. The van der Waals surface area contributed by atoms with Gasteiger partial charge < -0.3 is 14.4 Å². The molecule has 1 aromatic carbocycles. The maximum Gasteiger partial charge on any atom is 0.253 e. The zero-order valence-corrected chi connectivity index (χ0v) is 16.3. The summed E-state index contributed by atoms with van der Waals surface area (Å²) in [6, 6.07) is 5.72. The lowest BCUT2D eigenvalue weighted by Crippen LogP contribution is -2.36. The van der Waals surface area contributed by atoms with E-state index >= 15 is 0 Å². The van der Waals surface area contributed by atoms with Crippen molar-refractivity contribution in [1.82, 2.24) is 9.88 Å². The van der Waals surface area contributed by atoms with E-state index in [9.17, 15) is 4.79 Å². The Hall–Kier alpha value is -2.08. The number of amides is 1. The number of methoxy groups -OCH3 is 1. The normalized spacial score (nSPS) is 15.3. The Morgan fingerprint density at radius 2 is 2.00 bits per heavy atom. The Labute approximate surface area is 159 Å².